The second-order valence-electron chi connectivity index (χ2n) is 6.29. The maximum atomic E-state index is 13.2. The van der Waals surface area contributed by atoms with Crippen molar-refractivity contribution in [2.24, 2.45) is 7.05 Å². The van der Waals surface area contributed by atoms with E-state index < -0.39 is 0 Å². The van der Waals surface area contributed by atoms with Crippen LogP contribution < -0.4 is 24.2 Å². The van der Waals surface area contributed by atoms with Crippen molar-refractivity contribution in [3.05, 3.63) is 86.6 Å². The fourth-order valence-electron chi connectivity index (χ4n) is 3.08. The van der Waals surface area contributed by atoms with Gasteiger partial charge in [-0.3, -0.25) is 9.36 Å². The van der Waals surface area contributed by atoms with Crippen molar-refractivity contribution in [3.63, 3.8) is 0 Å². The summed E-state index contributed by atoms with van der Waals surface area (Å²) in [5.41, 5.74) is 2.22. The van der Waals surface area contributed by atoms with Gasteiger partial charge < -0.3 is 4.90 Å². The summed E-state index contributed by atoms with van der Waals surface area (Å²) >= 11 is 3.19. The third kappa shape index (κ3) is 3.15. The van der Waals surface area contributed by atoms with Crippen LogP contribution in [-0.4, -0.2) is 11.6 Å². The minimum atomic E-state index is 0.0342. The first-order valence-corrected chi connectivity index (χ1v) is 10.3. The van der Waals surface area contributed by atoms with Crippen LogP contribution in [0.15, 0.2) is 71.0 Å². The Kier molecular flexibility index (Phi) is 4.76. The van der Waals surface area contributed by atoms with Crippen LogP contribution >= 0.6 is 23.1 Å². The number of fused-ring (bicyclic) bond motifs is 1. The normalized spacial score (nSPS) is 15.9. The summed E-state index contributed by atoms with van der Waals surface area (Å²) in [5, 5.41) is 0.987. The van der Waals surface area contributed by atoms with E-state index in [1.54, 1.807) is 22.4 Å². The number of rotatable bonds is 3. The van der Waals surface area contributed by atoms with Crippen molar-refractivity contribution >= 4 is 39.9 Å². The summed E-state index contributed by atoms with van der Waals surface area (Å²) in [6, 6.07) is 14.3. The zero-order valence-corrected chi connectivity index (χ0v) is 16.9. The van der Waals surface area contributed by atoms with Crippen LogP contribution in [0.25, 0.3) is 11.1 Å². The van der Waals surface area contributed by atoms with Gasteiger partial charge in [0.25, 0.3) is 5.56 Å². The van der Waals surface area contributed by atoms with Crippen molar-refractivity contribution in [1.29, 1.82) is 0 Å². The van der Waals surface area contributed by atoms with Gasteiger partial charge in [0.2, 0.25) is 5.69 Å². The average Bonchev–Trinajstić information content (AvgIpc) is 3.16. The van der Waals surface area contributed by atoms with Crippen LogP contribution in [0.4, 0.5) is 5.69 Å². The smallest absolute Gasteiger partial charge is 0.272 e. The van der Waals surface area contributed by atoms with Crippen LogP contribution in [0, 0.1) is 0 Å². The van der Waals surface area contributed by atoms with Crippen molar-refractivity contribution in [1.82, 2.24) is 4.57 Å². The summed E-state index contributed by atoms with van der Waals surface area (Å²) < 4.78 is 5.53. The number of nitrogens with zero attached hydrogens (tertiary/aromatic N) is 3. The minimum Gasteiger partial charge on any atom is -0.337 e. The summed E-state index contributed by atoms with van der Waals surface area (Å²) in [5.74, 6) is 0. The maximum Gasteiger partial charge on any atom is 0.272 e. The molecule has 0 fully saturated rings. The lowest BCUT2D eigenvalue weighted by atomic mass is 10.3. The zero-order valence-electron chi connectivity index (χ0n) is 15.3. The fourth-order valence-corrected chi connectivity index (χ4v) is 5.49. The van der Waals surface area contributed by atoms with E-state index in [0.717, 1.165) is 25.6 Å². The quantitative estimate of drug-likeness (QED) is 0.503. The summed E-state index contributed by atoms with van der Waals surface area (Å²) in [7, 11) is 4.02. The molecule has 0 N–H and O–H groups in total. The summed E-state index contributed by atoms with van der Waals surface area (Å²) in [4.78, 5) is 16.5. The molecular formula is C21H20N3OS2+. The largest absolute Gasteiger partial charge is 0.337 e. The number of hydrogen-bond acceptors (Lipinski definition) is 4. The maximum absolute atomic E-state index is 13.2. The van der Waals surface area contributed by atoms with Gasteiger partial charge in [-0.05, 0) is 18.2 Å². The van der Waals surface area contributed by atoms with Crippen LogP contribution in [0.5, 0.6) is 0 Å². The molecule has 4 nitrogen and oxygen atoms in total. The van der Waals surface area contributed by atoms with Gasteiger partial charge in [0.1, 0.15) is 21.3 Å². The van der Waals surface area contributed by atoms with Gasteiger partial charge in [0.15, 0.2) is 6.20 Å². The van der Waals surface area contributed by atoms with E-state index in [2.05, 4.69) is 29.7 Å². The van der Waals surface area contributed by atoms with E-state index in [9.17, 15) is 4.79 Å². The second-order valence-corrected chi connectivity index (χ2v) is 8.35. The van der Waals surface area contributed by atoms with Gasteiger partial charge in [-0.25, -0.2) is 4.57 Å². The zero-order chi connectivity index (χ0) is 19.0. The minimum absolute atomic E-state index is 0.0342. The van der Waals surface area contributed by atoms with Gasteiger partial charge in [-0.15, -0.1) is 17.9 Å². The lowest BCUT2D eigenvalue weighted by Gasteiger charge is -2.11. The monoisotopic (exact) mass is 394 g/mol. The number of aromatic nitrogens is 2. The first kappa shape index (κ1) is 17.8. The first-order chi connectivity index (χ1) is 13.1. The van der Waals surface area contributed by atoms with Gasteiger partial charge >= 0.3 is 0 Å². The molecule has 27 heavy (non-hydrogen) atoms. The van der Waals surface area contributed by atoms with Crippen molar-refractivity contribution < 1.29 is 4.57 Å². The highest BCUT2D eigenvalue weighted by Crippen LogP contribution is 2.44. The molecular weight excluding hydrogens is 374 g/mol. The van der Waals surface area contributed by atoms with E-state index in [1.165, 1.54) is 16.2 Å². The third-order valence-corrected chi connectivity index (χ3v) is 7.01. The van der Waals surface area contributed by atoms with Crippen molar-refractivity contribution in [3.8, 4) is 0 Å². The van der Waals surface area contributed by atoms with Crippen LogP contribution in [0.3, 0.4) is 0 Å². The third-order valence-electron chi connectivity index (χ3n) is 4.52. The number of thioether (sulfide) groups is 1. The number of benzene rings is 1. The molecule has 0 spiro atoms. The fraction of sp³-hybridized carbons (Fsp3) is 0.143. The standard InChI is InChI=1S/C21H20N3OS2/c1-4-12-24-18(14-15-9-7-8-13-22(15)2)27-19(20(24)25)21-23(3)16-10-5-6-11-17(16)26-21/h4-11,13-14H,1,12H2,2-3H3/q+1. The number of hydrogen-bond donors (Lipinski definition) is 0. The average molecular weight is 395 g/mol. The lowest BCUT2D eigenvalue weighted by molar-refractivity contribution is -0.673. The molecule has 1 aromatic carbocycles. The van der Waals surface area contributed by atoms with Crippen LogP contribution in [0.2, 0.25) is 0 Å². The number of allylic oxidation sites excluding steroid dienone is 1. The highest BCUT2D eigenvalue weighted by Gasteiger charge is 2.24. The van der Waals surface area contributed by atoms with Gasteiger partial charge in [-0.1, -0.05) is 30.0 Å². The molecule has 0 amide bonds. The van der Waals surface area contributed by atoms with E-state index in [-0.39, 0.29) is 5.56 Å². The molecule has 4 rings (SSSR count). The Morgan fingerprint density at radius 3 is 2.70 bits per heavy atom. The number of aryl methyl sites for hydroxylation is 1. The number of thiazole rings is 1. The molecule has 0 saturated heterocycles. The number of pyridine rings is 1. The Morgan fingerprint density at radius 2 is 1.96 bits per heavy atom. The molecule has 0 radical (unpaired) electrons. The summed E-state index contributed by atoms with van der Waals surface area (Å²) in [6.45, 7) is 4.31. The molecule has 1 aliphatic heterocycles. The second kappa shape index (κ2) is 7.21. The van der Waals surface area contributed by atoms with E-state index in [4.69, 9.17) is 0 Å². The Labute approximate surface area is 166 Å². The molecule has 1 aliphatic rings. The molecule has 3 aromatic rings. The van der Waals surface area contributed by atoms with Gasteiger partial charge in [0.05, 0.1) is 5.69 Å². The predicted octanol–water partition coefficient (Wildman–Crippen LogP) is 2.06. The Morgan fingerprint density at radius 1 is 1.19 bits per heavy atom. The molecule has 3 heterocycles. The highest BCUT2D eigenvalue weighted by atomic mass is 32.2. The van der Waals surface area contributed by atoms with Crippen LogP contribution in [0.1, 0.15) is 5.69 Å². The molecule has 6 heteroatoms. The Bertz CT molecular complexity index is 1210. The molecule has 0 saturated carbocycles. The SMILES string of the molecule is C=CCn1c(=Cc2cccc[n+]2C)sc(=C2Sc3ccccc3N2C)c1=O. The predicted molar refractivity (Wildman–Crippen MR) is 113 cm³/mol. The van der Waals surface area contributed by atoms with Gasteiger partial charge in [-0.2, -0.15) is 0 Å². The number of anilines is 1. The van der Waals surface area contributed by atoms with Crippen molar-refractivity contribution in [2.45, 2.75) is 11.4 Å². The molecule has 136 valence electrons. The van der Waals surface area contributed by atoms with Gasteiger partial charge in [0, 0.05) is 36.7 Å². The van der Waals surface area contributed by atoms with E-state index in [0.29, 0.717) is 6.54 Å². The topological polar surface area (TPSA) is 29.1 Å². The molecule has 0 aliphatic carbocycles. The number of para-hydroxylation sites is 1. The first-order valence-electron chi connectivity index (χ1n) is 8.62. The Hall–Kier alpha value is -2.57. The highest BCUT2D eigenvalue weighted by molar-refractivity contribution is 8.08. The summed E-state index contributed by atoms with van der Waals surface area (Å²) in [6.07, 6.45) is 5.83. The van der Waals surface area contributed by atoms with E-state index >= 15 is 0 Å². The molecule has 0 atom stereocenters. The van der Waals surface area contributed by atoms with Crippen molar-refractivity contribution in [2.75, 3.05) is 11.9 Å². The van der Waals surface area contributed by atoms with Crippen LogP contribution in [-0.2, 0) is 13.6 Å². The molecule has 0 bridgehead atoms. The molecule has 0 unspecified atom stereocenters. The Balaban J connectivity index is 1.97. The lowest BCUT2D eigenvalue weighted by Crippen LogP contribution is -2.35. The van der Waals surface area contributed by atoms with E-state index in [1.807, 2.05) is 55.2 Å². The molecule has 2 aromatic heterocycles.